The highest BCUT2D eigenvalue weighted by atomic mass is 16.5. The quantitative estimate of drug-likeness (QED) is 0.563. The van der Waals surface area contributed by atoms with Crippen LogP contribution in [0.5, 0.6) is 11.5 Å². The third-order valence-corrected chi connectivity index (χ3v) is 6.53. The number of carbonyl (C=O) groups excluding carboxylic acids is 1. The monoisotopic (exact) mass is 457 g/mol. The van der Waals surface area contributed by atoms with Crippen molar-refractivity contribution in [2.75, 3.05) is 6.61 Å². The molecule has 2 aliphatic heterocycles. The molecule has 3 aromatic rings. The number of para-hydroxylation sites is 2. The minimum Gasteiger partial charge on any atom is -0.487 e. The molecule has 0 N–H and O–H groups in total. The van der Waals surface area contributed by atoms with E-state index in [2.05, 4.69) is 15.0 Å². The molecule has 3 aliphatic rings. The summed E-state index contributed by atoms with van der Waals surface area (Å²) in [5, 5.41) is 2.12. The van der Waals surface area contributed by atoms with Crippen molar-refractivity contribution in [3.05, 3.63) is 68.2 Å². The number of fused-ring (bicyclic) bond motifs is 6. The Balaban J connectivity index is 1.38. The van der Waals surface area contributed by atoms with Crippen LogP contribution in [-0.4, -0.2) is 24.1 Å². The fourth-order valence-electron chi connectivity index (χ4n) is 4.89. The van der Waals surface area contributed by atoms with Gasteiger partial charge in [0.25, 0.3) is 11.9 Å². The van der Waals surface area contributed by atoms with Crippen molar-refractivity contribution in [2.24, 2.45) is 15.0 Å². The highest BCUT2D eigenvalue weighted by Crippen LogP contribution is 2.44. The Morgan fingerprint density at radius 1 is 1.09 bits per heavy atom. The number of carbonyl (C=O) groups is 1. The molecule has 8 nitrogen and oxygen atoms in total. The summed E-state index contributed by atoms with van der Waals surface area (Å²) < 4.78 is 18.0. The Hall–Kier alpha value is -3.81. The number of rotatable bonds is 3. The second-order valence-corrected chi connectivity index (χ2v) is 9.42. The molecule has 3 heterocycles. The topological polar surface area (TPSA) is 103 Å². The Bertz CT molecular complexity index is 1550. The maximum Gasteiger partial charge on any atom is 0.339 e. The molecule has 0 unspecified atom stereocenters. The maximum atomic E-state index is 12.7. The van der Waals surface area contributed by atoms with E-state index in [0.29, 0.717) is 39.8 Å². The first-order valence-corrected chi connectivity index (χ1v) is 11.5. The van der Waals surface area contributed by atoms with E-state index in [1.807, 2.05) is 44.2 Å². The van der Waals surface area contributed by atoms with E-state index in [4.69, 9.17) is 13.9 Å². The highest BCUT2D eigenvalue weighted by Gasteiger charge is 2.32. The largest absolute Gasteiger partial charge is 0.487 e. The second kappa shape index (κ2) is 7.62. The minimum absolute atomic E-state index is 0.113. The zero-order valence-electron chi connectivity index (χ0n) is 19.0. The number of amides is 1. The molecule has 1 amide bonds. The smallest absolute Gasteiger partial charge is 0.339 e. The second-order valence-electron chi connectivity index (χ2n) is 9.42. The predicted molar refractivity (Wildman–Crippen MR) is 124 cm³/mol. The summed E-state index contributed by atoms with van der Waals surface area (Å²) in [4.78, 5) is 37.8. The summed E-state index contributed by atoms with van der Waals surface area (Å²) in [7, 11) is 0. The van der Waals surface area contributed by atoms with Crippen molar-refractivity contribution >= 4 is 22.8 Å². The molecule has 0 radical (unpaired) electrons. The van der Waals surface area contributed by atoms with Crippen molar-refractivity contribution in [1.29, 1.82) is 0 Å². The van der Waals surface area contributed by atoms with Gasteiger partial charge in [0.05, 0.1) is 16.1 Å². The van der Waals surface area contributed by atoms with Gasteiger partial charge in [-0.05, 0) is 63.6 Å². The lowest BCUT2D eigenvalue weighted by Crippen LogP contribution is -2.32. The summed E-state index contributed by atoms with van der Waals surface area (Å²) in [6.45, 7) is 3.74. The van der Waals surface area contributed by atoms with Crippen LogP contribution in [0.1, 0.15) is 43.4 Å². The van der Waals surface area contributed by atoms with Gasteiger partial charge in [-0.15, -0.1) is 0 Å². The van der Waals surface area contributed by atoms with Crippen molar-refractivity contribution in [1.82, 2.24) is 0 Å². The van der Waals surface area contributed by atoms with Gasteiger partial charge in [-0.2, -0.15) is 4.99 Å². The van der Waals surface area contributed by atoms with Crippen molar-refractivity contribution < 1.29 is 18.7 Å². The standard InChI is InChI=1S/C26H23N3O5/c1-26(2)11-10-16-19(34-26)12-20(22-14-6-5-7-15(14)24(31)33-23(16)22)32-13-21(30)29-25-27-17-8-3-4-9-18(17)28-25/h3-4,8-9,12H,5-7,10-11,13H2,1-2H3. The molecule has 0 spiro atoms. The number of aliphatic imine (C=N–C) groups is 1. The fraction of sp³-hybridized carbons (Fsp3) is 0.346. The van der Waals surface area contributed by atoms with Crippen LogP contribution in [0.4, 0.5) is 0 Å². The van der Waals surface area contributed by atoms with Gasteiger partial charge < -0.3 is 13.9 Å². The number of aryl methyl sites for hydroxylation is 2. The molecule has 6 rings (SSSR count). The molecular weight excluding hydrogens is 434 g/mol. The van der Waals surface area contributed by atoms with Gasteiger partial charge in [0.2, 0.25) is 0 Å². The highest BCUT2D eigenvalue weighted by molar-refractivity contribution is 5.96. The zero-order chi connectivity index (χ0) is 23.4. The van der Waals surface area contributed by atoms with E-state index >= 15 is 0 Å². The van der Waals surface area contributed by atoms with Gasteiger partial charge in [0.1, 0.15) is 22.7 Å². The molecule has 0 bridgehead atoms. The Morgan fingerprint density at radius 3 is 2.59 bits per heavy atom. The lowest BCUT2D eigenvalue weighted by atomic mass is 9.91. The van der Waals surface area contributed by atoms with E-state index in [9.17, 15) is 9.59 Å². The van der Waals surface area contributed by atoms with Gasteiger partial charge in [-0.1, -0.05) is 12.1 Å². The zero-order valence-corrected chi connectivity index (χ0v) is 19.0. The average molecular weight is 457 g/mol. The summed E-state index contributed by atoms with van der Waals surface area (Å²) in [6, 6.07) is 9.16. The van der Waals surface area contributed by atoms with Crippen molar-refractivity contribution in [3.63, 3.8) is 0 Å². The molecule has 0 saturated carbocycles. The Kier molecular flexibility index (Phi) is 4.65. The minimum atomic E-state index is -0.503. The number of benzene rings is 2. The lowest BCUT2D eigenvalue weighted by molar-refractivity contribution is -0.119. The van der Waals surface area contributed by atoms with Gasteiger partial charge in [-0.3, -0.25) is 4.79 Å². The molecule has 172 valence electrons. The molecule has 0 atom stereocenters. The number of guanidine groups is 1. The van der Waals surface area contributed by atoms with Crippen LogP contribution >= 0.6 is 0 Å². The molecule has 8 heteroatoms. The van der Waals surface area contributed by atoms with Crippen LogP contribution in [0.2, 0.25) is 0 Å². The number of hydrogen-bond donors (Lipinski definition) is 0. The summed E-state index contributed by atoms with van der Waals surface area (Å²) in [5.41, 5.74) is 2.38. The third-order valence-electron chi connectivity index (χ3n) is 6.53. The molecular formula is C26H23N3O5. The van der Waals surface area contributed by atoms with E-state index in [1.165, 1.54) is 0 Å². The predicted octanol–water partition coefficient (Wildman–Crippen LogP) is 2.60. The van der Waals surface area contributed by atoms with Crippen LogP contribution in [0.3, 0.4) is 0 Å². The third kappa shape index (κ3) is 3.50. The van der Waals surface area contributed by atoms with Crippen LogP contribution in [0.25, 0.3) is 11.0 Å². The van der Waals surface area contributed by atoms with Gasteiger partial charge in [0.15, 0.2) is 6.61 Å². The number of nitrogens with zero attached hydrogens (tertiary/aromatic N) is 3. The SMILES string of the molecule is CC1(C)CCc2c(cc(OCC(=O)N=C3N=c4ccccc4=N3)c3c4c(c(=O)oc23)CCC4)O1. The average Bonchev–Trinajstić information content (AvgIpc) is 3.43. The van der Waals surface area contributed by atoms with E-state index in [1.54, 1.807) is 0 Å². The van der Waals surface area contributed by atoms with Gasteiger partial charge in [0, 0.05) is 17.2 Å². The van der Waals surface area contributed by atoms with Gasteiger partial charge in [-0.25, -0.2) is 14.8 Å². The van der Waals surface area contributed by atoms with Crippen LogP contribution in [0.15, 0.2) is 54.5 Å². The van der Waals surface area contributed by atoms with Crippen LogP contribution < -0.4 is 25.8 Å². The first kappa shape index (κ1) is 20.8. The molecule has 0 saturated heterocycles. The first-order valence-electron chi connectivity index (χ1n) is 11.5. The Labute approximate surface area is 194 Å². The lowest BCUT2D eigenvalue weighted by Gasteiger charge is -2.33. The summed E-state index contributed by atoms with van der Waals surface area (Å²) in [5.74, 6) is 0.693. The fourth-order valence-corrected chi connectivity index (χ4v) is 4.89. The normalized spacial score (nSPS) is 17.2. The van der Waals surface area contributed by atoms with Crippen LogP contribution in [0, 0.1) is 0 Å². The van der Waals surface area contributed by atoms with Crippen LogP contribution in [-0.2, 0) is 24.1 Å². The number of ether oxygens (including phenoxy) is 2. The Morgan fingerprint density at radius 2 is 1.82 bits per heavy atom. The molecule has 1 aliphatic carbocycles. The molecule has 1 aromatic heterocycles. The molecule has 34 heavy (non-hydrogen) atoms. The van der Waals surface area contributed by atoms with E-state index in [0.717, 1.165) is 42.2 Å². The molecule has 2 aromatic carbocycles. The number of hydrogen-bond acceptors (Lipinski definition) is 5. The van der Waals surface area contributed by atoms with Gasteiger partial charge >= 0.3 is 5.63 Å². The maximum absolute atomic E-state index is 12.7. The molecule has 0 fully saturated rings. The van der Waals surface area contributed by atoms with E-state index < -0.39 is 5.91 Å². The van der Waals surface area contributed by atoms with Crippen molar-refractivity contribution in [3.8, 4) is 11.5 Å². The van der Waals surface area contributed by atoms with E-state index in [-0.39, 0.29) is 23.8 Å². The first-order chi connectivity index (χ1) is 16.4. The summed E-state index contributed by atoms with van der Waals surface area (Å²) >= 11 is 0. The van der Waals surface area contributed by atoms with Crippen molar-refractivity contribution in [2.45, 2.75) is 51.6 Å². The summed E-state index contributed by atoms with van der Waals surface area (Å²) in [6.07, 6.45) is 3.88.